The summed E-state index contributed by atoms with van der Waals surface area (Å²) >= 11 is 0. The number of nitrogens with zero attached hydrogens (tertiary/aromatic N) is 2. The number of ketones is 1. The third-order valence-electron chi connectivity index (χ3n) is 9.53. The molecule has 6 atom stereocenters. The van der Waals surface area contributed by atoms with Gasteiger partial charge in [0.05, 0.1) is 17.6 Å². The Kier molecular flexibility index (Phi) is 11.0. The number of rotatable bonds is 15. The lowest BCUT2D eigenvalue weighted by Crippen LogP contribution is -2.65. The number of unbranched alkanes of at least 4 members (excludes halogenated alkanes) is 1. The highest BCUT2D eigenvalue weighted by Crippen LogP contribution is 2.65. The van der Waals surface area contributed by atoms with Crippen LogP contribution in [-0.2, 0) is 18.9 Å². The Morgan fingerprint density at radius 2 is 1.98 bits per heavy atom. The smallest absolute Gasteiger partial charge is 0.404 e. The Morgan fingerprint density at radius 1 is 1.27 bits per heavy atom. The van der Waals surface area contributed by atoms with Gasteiger partial charge in [0.25, 0.3) is 5.96 Å². The number of allylic oxidation sites excluding steroid dienone is 2. The van der Waals surface area contributed by atoms with Crippen molar-refractivity contribution in [3.8, 4) is 0 Å². The van der Waals surface area contributed by atoms with Gasteiger partial charge in [-0.15, -0.1) is 0 Å². The average Bonchev–Trinajstić information content (AvgIpc) is 3.24. The maximum absolute atomic E-state index is 13.8. The van der Waals surface area contributed by atoms with Gasteiger partial charge in [-0.1, -0.05) is 52.5 Å². The number of Topliss-reactive ketones (excluding diaryl/α,β-unsaturated/α-hetero) is 1. The summed E-state index contributed by atoms with van der Waals surface area (Å²) in [6, 6.07) is 0. The summed E-state index contributed by atoms with van der Waals surface area (Å²) < 4.78 is 13.2. The zero-order valence-corrected chi connectivity index (χ0v) is 25.9. The first-order valence-corrected chi connectivity index (χ1v) is 15.2. The standard InChI is InChI=1S/C29H50BN5O6/c1-8-9-11-19(4)22(36)15-20(12-10-13-32-27(31)34-35(38)39)26(37)33-25(14-18(2)3)30-40-24-17-21-16-23(28(21,5)6)29(24,7)41-30/h11,18,20-21,23-25H,8-10,12-17H2,1-7H3,(H,33,37)(H3,31,32,34)/b19-11+/t20-,21-,23-,24-,25+,29+/m1/s1. The van der Waals surface area contributed by atoms with E-state index in [9.17, 15) is 19.7 Å². The minimum atomic E-state index is -0.776. The molecule has 230 valence electrons. The van der Waals surface area contributed by atoms with Crippen LogP contribution in [0.2, 0.25) is 0 Å². The van der Waals surface area contributed by atoms with Crippen molar-refractivity contribution < 1.29 is 23.9 Å². The first-order chi connectivity index (χ1) is 19.2. The molecule has 41 heavy (non-hydrogen) atoms. The molecule has 3 saturated carbocycles. The molecule has 2 bridgehead atoms. The lowest BCUT2D eigenvalue weighted by molar-refractivity contribution is -0.525. The fourth-order valence-electron chi connectivity index (χ4n) is 6.97. The SMILES string of the molecule is CCC/C=C(\C)C(=O)C[C@@H](CCCN=C(N)N[N+](=O)[O-])C(=O)N[C@@H](CC(C)C)B1O[C@@H]2C[C@H]3C[C@H](C3(C)C)[C@]2(C)O1. The highest BCUT2D eigenvalue weighted by Gasteiger charge is 2.68. The van der Waals surface area contributed by atoms with Gasteiger partial charge in [-0.05, 0) is 81.1 Å². The second-order valence-corrected chi connectivity index (χ2v) is 13.4. The van der Waals surface area contributed by atoms with E-state index in [1.54, 1.807) is 6.92 Å². The molecule has 1 amide bonds. The second-order valence-electron chi connectivity index (χ2n) is 13.4. The fraction of sp³-hybridized carbons (Fsp3) is 0.828. The monoisotopic (exact) mass is 575 g/mol. The third kappa shape index (κ3) is 7.88. The van der Waals surface area contributed by atoms with Gasteiger partial charge in [-0.2, -0.15) is 0 Å². The van der Waals surface area contributed by atoms with E-state index in [1.165, 1.54) is 0 Å². The Hall–Kier alpha value is -2.47. The van der Waals surface area contributed by atoms with Crippen molar-refractivity contribution in [2.45, 2.75) is 117 Å². The van der Waals surface area contributed by atoms with Crippen molar-refractivity contribution in [3.63, 3.8) is 0 Å². The summed E-state index contributed by atoms with van der Waals surface area (Å²) in [4.78, 5) is 41.3. The van der Waals surface area contributed by atoms with E-state index < -0.39 is 18.1 Å². The number of carbonyl (C=O) groups excluding carboxylic acids is 2. The molecule has 1 heterocycles. The summed E-state index contributed by atoms with van der Waals surface area (Å²) in [7, 11) is -0.549. The van der Waals surface area contributed by atoms with Crippen molar-refractivity contribution in [2.75, 3.05) is 6.54 Å². The van der Waals surface area contributed by atoms with E-state index in [1.807, 2.05) is 18.4 Å². The summed E-state index contributed by atoms with van der Waals surface area (Å²) in [6.07, 6.45) is 7.35. The molecule has 0 aromatic heterocycles. The van der Waals surface area contributed by atoms with Gasteiger partial charge in [-0.3, -0.25) is 9.59 Å². The number of guanidine groups is 1. The molecule has 12 heteroatoms. The van der Waals surface area contributed by atoms with E-state index in [2.05, 4.69) is 44.9 Å². The maximum Gasteiger partial charge on any atom is 0.481 e. The zero-order valence-electron chi connectivity index (χ0n) is 25.9. The fourth-order valence-corrected chi connectivity index (χ4v) is 6.97. The summed E-state index contributed by atoms with van der Waals surface area (Å²) in [5.41, 5.74) is 7.82. The van der Waals surface area contributed by atoms with Crippen LogP contribution < -0.4 is 16.5 Å². The molecule has 3 aliphatic carbocycles. The average molecular weight is 576 g/mol. The topological polar surface area (TPSA) is 158 Å². The molecule has 0 spiro atoms. The molecule has 4 rings (SSSR count). The number of hydrogen-bond donors (Lipinski definition) is 3. The number of hydrogen-bond acceptors (Lipinski definition) is 7. The molecule has 1 aliphatic heterocycles. The zero-order chi connectivity index (χ0) is 30.5. The first-order valence-electron chi connectivity index (χ1n) is 15.2. The van der Waals surface area contributed by atoms with Crippen molar-refractivity contribution in [2.24, 2.45) is 39.8 Å². The lowest BCUT2D eigenvalue weighted by Gasteiger charge is -2.64. The molecule has 4 aliphatic rings. The predicted molar refractivity (Wildman–Crippen MR) is 159 cm³/mol. The van der Waals surface area contributed by atoms with Gasteiger partial charge in [-0.25, -0.2) is 15.1 Å². The Morgan fingerprint density at radius 3 is 2.59 bits per heavy atom. The van der Waals surface area contributed by atoms with E-state index in [4.69, 9.17) is 15.0 Å². The molecule has 11 nitrogen and oxygen atoms in total. The number of carbonyl (C=O) groups is 2. The highest BCUT2D eigenvalue weighted by atomic mass is 16.7. The van der Waals surface area contributed by atoms with Crippen molar-refractivity contribution in [1.82, 2.24) is 10.7 Å². The Balaban J connectivity index is 1.72. The molecule has 0 unspecified atom stereocenters. The normalized spacial score (nSPS) is 28.5. The van der Waals surface area contributed by atoms with Crippen LogP contribution in [-0.4, -0.2) is 54.0 Å². The number of nitrogens with one attached hydrogen (secondary N) is 2. The maximum atomic E-state index is 13.8. The number of hydrazine groups is 1. The van der Waals surface area contributed by atoms with Gasteiger partial charge in [0.2, 0.25) is 5.91 Å². The molecular weight excluding hydrogens is 525 g/mol. The van der Waals surface area contributed by atoms with Gasteiger partial charge < -0.3 is 20.4 Å². The van der Waals surface area contributed by atoms with Gasteiger partial charge in [0.15, 0.2) is 10.8 Å². The Labute approximate surface area is 245 Å². The molecule has 4 N–H and O–H groups in total. The van der Waals surface area contributed by atoms with Crippen LogP contribution in [0, 0.1) is 39.2 Å². The van der Waals surface area contributed by atoms with Gasteiger partial charge in [0.1, 0.15) is 0 Å². The van der Waals surface area contributed by atoms with Crippen LogP contribution in [0.5, 0.6) is 0 Å². The number of aliphatic imine (C=N–C) groups is 1. The largest absolute Gasteiger partial charge is 0.481 e. The molecule has 0 aromatic carbocycles. The van der Waals surface area contributed by atoms with E-state index in [0.29, 0.717) is 42.6 Å². The number of nitro groups is 1. The predicted octanol–water partition coefficient (Wildman–Crippen LogP) is 3.98. The van der Waals surface area contributed by atoms with Crippen LogP contribution in [0.25, 0.3) is 0 Å². The van der Waals surface area contributed by atoms with Crippen molar-refractivity contribution >= 4 is 24.8 Å². The molecule has 0 radical (unpaired) electrons. The highest BCUT2D eigenvalue weighted by molar-refractivity contribution is 6.47. The van der Waals surface area contributed by atoms with E-state index in [-0.39, 0.29) is 53.7 Å². The number of amides is 1. The van der Waals surface area contributed by atoms with Crippen LogP contribution in [0.15, 0.2) is 16.6 Å². The lowest BCUT2D eigenvalue weighted by atomic mass is 9.43. The summed E-state index contributed by atoms with van der Waals surface area (Å²) in [6.45, 7) is 15.0. The quantitative estimate of drug-likeness (QED) is 0.0503. The minimum Gasteiger partial charge on any atom is -0.404 e. The number of nitrogens with two attached hydrogens (primary N) is 1. The molecule has 1 saturated heterocycles. The summed E-state index contributed by atoms with van der Waals surface area (Å²) in [5, 5.41) is 13.0. The van der Waals surface area contributed by atoms with Crippen LogP contribution in [0.1, 0.15) is 99.8 Å². The van der Waals surface area contributed by atoms with Crippen molar-refractivity contribution in [3.05, 3.63) is 21.8 Å². The molecule has 0 aromatic rings. The summed E-state index contributed by atoms with van der Waals surface area (Å²) in [5.74, 6) is -0.184. The van der Waals surface area contributed by atoms with Crippen LogP contribution in [0.3, 0.4) is 0 Å². The molecular formula is C29H50BN5O6. The van der Waals surface area contributed by atoms with Gasteiger partial charge in [0, 0.05) is 18.9 Å². The van der Waals surface area contributed by atoms with Gasteiger partial charge >= 0.3 is 7.12 Å². The second kappa shape index (κ2) is 13.7. The third-order valence-corrected chi connectivity index (χ3v) is 9.53. The Bertz CT molecular complexity index is 1030. The van der Waals surface area contributed by atoms with Crippen LogP contribution >= 0.6 is 0 Å². The molecule has 4 fully saturated rings. The van der Waals surface area contributed by atoms with Crippen molar-refractivity contribution in [1.29, 1.82) is 0 Å². The minimum absolute atomic E-state index is 0.00987. The van der Waals surface area contributed by atoms with E-state index >= 15 is 0 Å². The van der Waals surface area contributed by atoms with E-state index in [0.717, 1.165) is 25.7 Å². The van der Waals surface area contributed by atoms with Crippen LogP contribution in [0.4, 0.5) is 0 Å². The first kappa shape index (κ1) is 33.0.